The van der Waals surface area contributed by atoms with Crippen LogP contribution in [0.15, 0.2) is 54.9 Å². The van der Waals surface area contributed by atoms with Gasteiger partial charge in [-0.2, -0.15) is 5.10 Å². The number of hydrogen-bond acceptors (Lipinski definition) is 4. The van der Waals surface area contributed by atoms with E-state index in [1.807, 2.05) is 60.8 Å². The number of carbonyl (C=O) groups excluding carboxylic acids is 1. The number of nitrogens with zero attached hydrogens (tertiary/aromatic N) is 5. The van der Waals surface area contributed by atoms with Crippen LogP contribution >= 0.6 is 0 Å². The first-order valence-electron chi connectivity index (χ1n) is 11.7. The van der Waals surface area contributed by atoms with E-state index in [0.29, 0.717) is 19.6 Å². The summed E-state index contributed by atoms with van der Waals surface area (Å²) in [4.78, 5) is 24.8. The highest BCUT2D eigenvalue weighted by Crippen LogP contribution is 2.40. The number of likely N-dealkylation sites (N-methyl/N-ethyl adjacent to an activating group) is 1. The van der Waals surface area contributed by atoms with E-state index in [2.05, 4.69) is 9.97 Å². The maximum absolute atomic E-state index is 13.7. The molecule has 1 atom stereocenters. The average Bonchev–Trinajstić information content (AvgIpc) is 3.39. The standard InChI is InChI=1S/C27H29FN6O/c1-17-14-30-27-24(17)21(11-12-29-27)25-22-16-33(23(35)6-5-13-32(3)4)18(2)15-34(22)31-26(25)19-7-9-20(28)10-8-19/h5-12,14,18H,13,15-16H2,1-4H3,(H,29,30)/b6-5+/t18-/m0/s1. The second-order valence-corrected chi connectivity index (χ2v) is 9.39. The van der Waals surface area contributed by atoms with E-state index in [0.717, 1.165) is 44.7 Å². The van der Waals surface area contributed by atoms with Crippen molar-refractivity contribution in [1.82, 2.24) is 29.5 Å². The van der Waals surface area contributed by atoms with E-state index in [1.165, 1.54) is 12.1 Å². The molecule has 4 heterocycles. The first kappa shape index (κ1) is 23.0. The first-order chi connectivity index (χ1) is 16.8. The van der Waals surface area contributed by atoms with Gasteiger partial charge in [0.2, 0.25) is 5.91 Å². The summed E-state index contributed by atoms with van der Waals surface area (Å²) in [6, 6.07) is 8.40. The third-order valence-electron chi connectivity index (χ3n) is 6.52. The summed E-state index contributed by atoms with van der Waals surface area (Å²) >= 11 is 0. The Labute approximate surface area is 203 Å². The largest absolute Gasteiger partial charge is 0.346 e. The van der Waals surface area contributed by atoms with Crippen LogP contribution in [0.1, 0.15) is 18.2 Å². The minimum atomic E-state index is -0.290. The number of nitrogens with one attached hydrogen (secondary N) is 1. The fourth-order valence-corrected chi connectivity index (χ4v) is 4.75. The normalized spacial score (nSPS) is 15.9. The zero-order valence-corrected chi connectivity index (χ0v) is 20.4. The Balaban J connectivity index is 1.66. The number of H-pyrrole nitrogens is 1. The zero-order chi connectivity index (χ0) is 24.7. The van der Waals surface area contributed by atoms with Crippen LogP contribution in [0.25, 0.3) is 33.4 Å². The van der Waals surface area contributed by atoms with E-state index >= 15 is 0 Å². The lowest BCUT2D eigenvalue weighted by Gasteiger charge is -2.33. The molecule has 8 heteroatoms. The molecule has 0 aliphatic carbocycles. The molecule has 0 fully saturated rings. The molecule has 1 aliphatic heterocycles. The molecule has 0 unspecified atom stereocenters. The van der Waals surface area contributed by atoms with Gasteiger partial charge < -0.3 is 14.8 Å². The summed E-state index contributed by atoms with van der Waals surface area (Å²) in [6.07, 6.45) is 7.28. The van der Waals surface area contributed by atoms with Gasteiger partial charge >= 0.3 is 0 Å². The molecule has 1 N–H and O–H groups in total. The summed E-state index contributed by atoms with van der Waals surface area (Å²) in [5, 5.41) is 6.00. The molecule has 0 bridgehead atoms. The zero-order valence-electron chi connectivity index (χ0n) is 20.4. The van der Waals surface area contributed by atoms with Crippen molar-refractivity contribution in [3.63, 3.8) is 0 Å². The van der Waals surface area contributed by atoms with Crippen LogP contribution in [-0.2, 0) is 17.9 Å². The van der Waals surface area contributed by atoms with Crippen LogP contribution < -0.4 is 0 Å². The lowest BCUT2D eigenvalue weighted by Crippen LogP contribution is -2.44. The number of aromatic amines is 1. The van der Waals surface area contributed by atoms with Gasteiger partial charge in [0.15, 0.2) is 0 Å². The Morgan fingerprint density at radius 1 is 1.26 bits per heavy atom. The second-order valence-electron chi connectivity index (χ2n) is 9.39. The highest BCUT2D eigenvalue weighted by atomic mass is 19.1. The third kappa shape index (κ3) is 4.25. The summed E-state index contributed by atoms with van der Waals surface area (Å²) in [5.74, 6) is -0.305. The molecule has 5 rings (SSSR count). The minimum Gasteiger partial charge on any atom is -0.346 e. The predicted octanol–water partition coefficient (Wildman–Crippen LogP) is 4.39. The molecule has 1 amide bonds. The topological polar surface area (TPSA) is 70.0 Å². The number of rotatable bonds is 5. The molecule has 1 aromatic carbocycles. The SMILES string of the molecule is Cc1c[nH]c2nccc(-c3c(-c4ccc(F)cc4)nn4c3CN(C(=O)/C=C/CN(C)C)[C@@H](C)C4)c12. The molecule has 1 aliphatic rings. The van der Waals surface area contributed by atoms with Crippen molar-refractivity contribution >= 4 is 16.9 Å². The van der Waals surface area contributed by atoms with Crippen molar-refractivity contribution in [3.05, 3.63) is 72.0 Å². The monoisotopic (exact) mass is 472 g/mol. The molecule has 3 aromatic heterocycles. The van der Waals surface area contributed by atoms with Gasteiger partial charge in [-0.3, -0.25) is 9.48 Å². The highest BCUT2D eigenvalue weighted by Gasteiger charge is 2.32. The maximum Gasteiger partial charge on any atom is 0.246 e. The number of fused-ring (bicyclic) bond motifs is 2. The van der Waals surface area contributed by atoms with E-state index in [1.54, 1.807) is 24.4 Å². The van der Waals surface area contributed by atoms with Gasteiger partial charge in [-0.1, -0.05) is 6.08 Å². The maximum atomic E-state index is 13.7. The first-order valence-corrected chi connectivity index (χ1v) is 11.7. The lowest BCUT2D eigenvalue weighted by atomic mass is 9.95. The predicted molar refractivity (Wildman–Crippen MR) is 135 cm³/mol. The van der Waals surface area contributed by atoms with Crippen LogP contribution in [0.5, 0.6) is 0 Å². The number of carbonyl (C=O) groups is 1. The van der Waals surface area contributed by atoms with Crippen LogP contribution in [0, 0.1) is 12.7 Å². The van der Waals surface area contributed by atoms with Crippen molar-refractivity contribution in [2.24, 2.45) is 0 Å². The van der Waals surface area contributed by atoms with Crippen molar-refractivity contribution in [2.75, 3.05) is 20.6 Å². The molecule has 0 spiro atoms. The van der Waals surface area contributed by atoms with Gasteiger partial charge in [-0.05, 0) is 69.4 Å². The second kappa shape index (κ2) is 9.11. The Morgan fingerprint density at radius 3 is 2.77 bits per heavy atom. The molecule has 0 saturated heterocycles. The van der Waals surface area contributed by atoms with Gasteiger partial charge in [0, 0.05) is 47.6 Å². The summed E-state index contributed by atoms with van der Waals surface area (Å²) in [5.41, 5.74) is 6.40. The number of pyridine rings is 1. The average molecular weight is 473 g/mol. The number of aromatic nitrogens is 4. The summed E-state index contributed by atoms with van der Waals surface area (Å²) in [6.45, 7) is 5.80. The van der Waals surface area contributed by atoms with Crippen molar-refractivity contribution in [2.45, 2.75) is 33.0 Å². The molecule has 35 heavy (non-hydrogen) atoms. The molecule has 4 aromatic rings. The quantitative estimate of drug-likeness (QED) is 0.438. The van der Waals surface area contributed by atoms with Crippen molar-refractivity contribution < 1.29 is 9.18 Å². The molecular weight excluding hydrogens is 443 g/mol. The van der Waals surface area contributed by atoms with E-state index in [-0.39, 0.29) is 17.8 Å². The van der Waals surface area contributed by atoms with Crippen molar-refractivity contribution in [3.8, 4) is 22.4 Å². The Kier molecular flexibility index (Phi) is 5.98. The van der Waals surface area contributed by atoms with E-state index in [4.69, 9.17) is 5.10 Å². The molecule has 0 radical (unpaired) electrons. The van der Waals surface area contributed by atoms with Gasteiger partial charge in [0.05, 0.1) is 18.8 Å². The van der Waals surface area contributed by atoms with Crippen LogP contribution in [0.3, 0.4) is 0 Å². The van der Waals surface area contributed by atoms with Crippen LogP contribution in [0.2, 0.25) is 0 Å². The molecule has 180 valence electrons. The third-order valence-corrected chi connectivity index (χ3v) is 6.52. The van der Waals surface area contributed by atoms with Crippen LogP contribution in [-0.4, -0.2) is 62.1 Å². The summed E-state index contributed by atoms with van der Waals surface area (Å²) in [7, 11) is 3.94. The van der Waals surface area contributed by atoms with E-state index < -0.39 is 0 Å². The molecule has 0 saturated carbocycles. The molecular formula is C27H29FN6O. The van der Waals surface area contributed by atoms with E-state index in [9.17, 15) is 9.18 Å². The minimum absolute atomic E-state index is 0.0146. The van der Waals surface area contributed by atoms with Gasteiger partial charge in [-0.15, -0.1) is 0 Å². The van der Waals surface area contributed by atoms with Crippen molar-refractivity contribution in [1.29, 1.82) is 0 Å². The number of halogens is 1. The van der Waals surface area contributed by atoms with Gasteiger partial charge in [0.25, 0.3) is 0 Å². The fourth-order valence-electron chi connectivity index (χ4n) is 4.75. The Morgan fingerprint density at radius 2 is 2.03 bits per heavy atom. The summed E-state index contributed by atoms with van der Waals surface area (Å²) < 4.78 is 15.7. The molecule has 7 nitrogen and oxygen atoms in total. The van der Waals surface area contributed by atoms with Gasteiger partial charge in [-0.25, -0.2) is 9.37 Å². The van der Waals surface area contributed by atoms with Gasteiger partial charge in [0.1, 0.15) is 17.2 Å². The Hall–Kier alpha value is -3.78. The number of aryl methyl sites for hydroxylation is 1. The smallest absolute Gasteiger partial charge is 0.246 e. The van der Waals surface area contributed by atoms with Crippen LogP contribution in [0.4, 0.5) is 4.39 Å². The number of amides is 1. The fraction of sp³-hybridized carbons (Fsp3) is 0.296. The number of hydrogen-bond donors (Lipinski definition) is 1. The highest BCUT2D eigenvalue weighted by molar-refractivity contribution is 6.00. The number of benzene rings is 1. The Bertz CT molecular complexity index is 1420. The lowest BCUT2D eigenvalue weighted by molar-refractivity contribution is -0.129.